The van der Waals surface area contributed by atoms with E-state index < -0.39 is 17.8 Å². The number of fused-ring (bicyclic) bond motifs is 1. The third-order valence-corrected chi connectivity index (χ3v) is 5.01. The molecule has 2 heterocycles. The van der Waals surface area contributed by atoms with Crippen molar-refractivity contribution in [3.63, 3.8) is 0 Å². The Hall–Kier alpha value is -3.75. The molecule has 0 aliphatic carbocycles. The summed E-state index contributed by atoms with van der Waals surface area (Å²) >= 11 is 6.00. The van der Waals surface area contributed by atoms with Crippen LogP contribution in [0.5, 0.6) is 0 Å². The predicted molar refractivity (Wildman–Crippen MR) is 115 cm³/mol. The van der Waals surface area contributed by atoms with Gasteiger partial charge in [0.1, 0.15) is 5.70 Å². The molecule has 156 valence electrons. The fourth-order valence-corrected chi connectivity index (χ4v) is 3.52. The summed E-state index contributed by atoms with van der Waals surface area (Å²) in [4.78, 5) is 41.5. The van der Waals surface area contributed by atoms with Gasteiger partial charge in [0.15, 0.2) is 0 Å². The number of carboxylic acid groups (broad SMARTS) is 1. The predicted octanol–water partition coefficient (Wildman–Crippen LogP) is 2.91. The topological polar surface area (TPSA) is 120 Å². The number of hydrogen-bond donors (Lipinski definition) is 3. The molecule has 8 nitrogen and oxygen atoms in total. The van der Waals surface area contributed by atoms with Crippen LogP contribution in [0.3, 0.4) is 0 Å². The van der Waals surface area contributed by atoms with Crippen LogP contribution in [0.2, 0.25) is 5.02 Å². The van der Waals surface area contributed by atoms with Crippen LogP contribution in [0.25, 0.3) is 22.2 Å². The molecule has 1 aromatic heterocycles. The second-order valence-electron chi connectivity index (χ2n) is 6.80. The molecule has 9 heteroatoms. The lowest BCUT2D eigenvalue weighted by molar-refractivity contribution is -0.137. The summed E-state index contributed by atoms with van der Waals surface area (Å²) in [6, 6.07) is 13.2. The number of halogens is 1. The van der Waals surface area contributed by atoms with Crippen molar-refractivity contribution in [2.24, 2.45) is 0 Å². The minimum absolute atomic E-state index is 0.0692. The van der Waals surface area contributed by atoms with Gasteiger partial charge in [0.2, 0.25) is 0 Å². The monoisotopic (exact) mass is 437 g/mol. The second kappa shape index (κ2) is 8.17. The van der Waals surface area contributed by atoms with Gasteiger partial charge in [0.25, 0.3) is 11.8 Å². The van der Waals surface area contributed by atoms with E-state index in [2.05, 4.69) is 10.3 Å². The maximum absolute atomic E-state index is 12.3. The molecule has 4 rings (SSSR count). The van der Waals surface area contributed by atoms with Gasteiger partial charge in [0, 0.05) is 27.7 Å². The van der Waals surface area contributed by atoms with Crippen LogP contribution in [0, 0.1) is 0 Å². The van der Waals surface area contributed by atoms with E-state index in [9.17, 15) is 19.5 Å². The number of carbonyl (C=O) groups is 3. The number of pyridine rings is 1. The Kier molecular flexibility index (Phi) is 5.41. The van der Waals surface area contributed by atoms with E-state index in [-0.39, 0.29) is 24.4 Å². The largest absolute Gasteiger partial charge is 0.478 e. The molecular formula is C22H16ClN3O5. The van der Waals surface area contributed by atoms with Crippen LogP contribution in [-0.4, -0.2) is 51.0 Å². The van der Waals surface area contributed by atoms with E-state index in [4.69, 9.17) is 16.7 Å². The van der Waals surface area contributed by atoms with Gasteiger partial charge in [-0.3, -0.25) is 14.5 Å². The molecule has 31 heavy (non-hydrogen) atoms. The van der Waals surface area contributed by atoms with Crippen molar-refractivity contribution < 1.29 is 24.6 Å². The molecule has 0 saturated heterocycles. The van der Waals surface area contributed by atoms with Crippen LogP contribution >= 0.6 is 11.6 Å². The Morgan fingerprint density at radius 2 is 1.94 bits per heavy atom. The van der Waals surface area contributed by atoms with Gasteiger partial charge in [-0.05, 0) is 36.4 Å². The molecule has 0 spiro atoms. The number of nitrogens with one attached hydrogen (secondary N) is 1. The smallest absolute Gasteiger partial charge is 0.336 e. The molecule has 0 bridgehead atoms. The highest BCUT2D eigenvalue weighted by atomic mass is 35.5. The number of anilines is 1. The number of aliphatic hydroxyl groups is 1. The summed E-state index contributed by atoms with van der Waals surface area (Å²) in [6.45, 7) is -0.402. The number of carbonyl (C=O) groups excluding carboxylic acids is 2. The fourth-order valence-electron chi connectivity index (χ4n) is 3.34. The van der Waals surface area contributed by atoms with Gasteiger partial charge in [-0.25, -0.2) is 9.78 Å². The van der Waals surface area contributed by atoms with Gasteiger partial charge >= 0.3 is 5.97 Å². The van der Waals surface area contributed by atoms with E-state index in [1.807, 2.05) is 0 Å². The number of aliphatic hydroxyl groups excluding tert-OH is 1. The fraction of sp³-hybridized carbons (Fsp3) is 0.0909. The molecule has 3 aromatic rings. The Balaban J connectivity index is 1.69. The maximum atomic E-state index is 12.3. The number of aromatic carboxylic acids is 1. The Labute approximate surface area is 181 Å². The number of hydrogen-bond acceptors (Lipinski definition) is 6. The summed E-state index contributed by atoms with van der Waals surface area (Å²) in [5, 5.41) is 22.4. The summed E-state index contributed by atoms with van der Waals surface area (Å²) in [6.07, 6.45) is 1.17. The highest BCUT2D eigenvalue weighted by molar-refractivity contribution is 6.31. The zero-order valence-electron chi connectivity index (χ0n) is 16.0. The molecule has 0 unspecified atom stereocenters. The van der Waals surface area contributed by atoms with Gasteiger partial charge < -0.3 is 15.5 Å². The molecule has 1 aliphatic rings. The Morgan fingerprint density at radius 3 is 2.68 bits per heavy atom. The summed E-state index contributed by atoms with van der Waals surface area (Å²) in [5.74, 6) is -2.13. The number of nitrogens with zero attached hydrogens (tertiary/aromatic N) is 2. The van der Waals surface area contributed by atoms with E-state index in [0.717, 1.165) is 4.90 Å². The normalized spacial score (nSPS) is 13.6. The first-order valence-corrected chi connectivity index (χ1v) is 9.64. The number of β-amino-alcohol motifs (C(OH)–C–C–N with tert-alkyl or cyclic N) is 1. The third kappa shape index (κ3) is 3.98. The molecule has 0 fully saturated rings. The molecule has 1 aliphatic heterocycles. The first-order chi connectivity index (χ1) is 14.9. The van der Waals surface area contributed by atoms with Gasteiger partial charge in [0.05, 0.1) is 29.9 Å². The SMILES string of the molecule is O=C(O)c1cc(-c2cccc(NC3=CC(=O)N(CCO)C3=O)c2)nc2ccc(Cl)cc12. The maximum Gasteiger partial charge on any atom is 0.336 e. The number of rotatable bonds is 6. The average molecular weight is 438 g/mol. The van der Waals surface area contributed by atoms with Gasteiger partial charge in [-0.15, -0.1) is 0 Å². The first-order valence-electron chi connectivity index (χ1n) is 9.27. The van der Waals surface area contributed by atoms with E-state index >= 15 is 0 Å². The number of imide groups is 1. The Bertz CT molecular complexity index is 1270. The zero-order valence-corrected chi connectivity index (χ0v) is 16.8. The number of amides is 2. The van der Waals surface area contributed by atoms with Crippen molar-refractivity contribution in [1.29, 1.82) is 0 Å². The molecule has 0 atom stereocenters. The molecule has 3 N–H and O–H groups in total. The number of carboxylic acids is 1. The third-order valence-electron chi connectivity index (χ3n) is 4.77. The van der Waals surface area contributed by atoms with Gasteiger partial charge in [-0.2, -0.15) is 0 Å². The molecule has 0 radical (unpaired) electrons. The van der Waals surface area contributed by atoms with Crippen LogP contribution in [0.4, 0.5) is 5.69 Å². The summed E-state index contributed by atoms with van der Waals surface area (Å²) in [7, 11) is 0. The Morgan fingerprint density at radius 1 is 1.13 bits per heavy atom. The summed E-state index contributed by atoms with van der Waals surface area (Å²) < 4.78 is 0. The lowest BCUT2D eigenvalue weighted by Crippen LogP contribution is -2.34. The second-order valence-corrected chi connectivity index (χ2v) is 7.24. The molecule has 2 amide bonds. The van der Waals surface area contributed by atoms with E-state index in [1.165, 1.54) is 12.1 Å². The minimum atomic E-state index is -1.10. The summed E-state index contributed by atoms with van der Waals surface area (Å²) in [5.41, 5.74) is 2.21. The quantitative estimate of drug-likeness (QED) is 0.507. The van der Waals surface area contributed by atoms with Crippen molar-refractivity contribution in [2.45, 2.75) is 0 Å². The number of aromatic nitrogens is 1. The molecule has 0 saturated carbocycles. The van der Waals surface area contributed by atoms with E-state index in [1.54, 1.807) is 42.5 Å². The first kappa shape index (κ1) is 20.5. The van der Waals surface area contributed by atoms with Crippen molar-refractivity contribution in [1.82, 2.24) is 9.88 Å². The minimum Gasteiger partial charge on any atom is -0.478 e. The number of benzene rings is 2. The zero-order chi connectivity index (χ0) is 22.1. The van der Waals surface area contributed by atoms with Crippen LogP contribution < -0.4 is 5.32 Å². The average Bonchev–Trinajstić information content (AvgIpc) is 3.00. The van der Waals surface area contributed by atoms with Crippen molar-refractivity contribution in [2.75, 3.05) is 18.5 Å². The highest BCUT2D eigenvalue weighted by Crippen LogP contribution is 2.29. The van der Waals surface area contributed by atoms with Crippen LogP contribution in [0.1, 0.15) is 10.4 Å². The van der Waals surface area contributed by atoms with Crippen molar-refractivity contribution >= 4 is 46.0 Å². The van der Waals surface area contributed by atoms with Gasteiger partial charge in [-0.1, -0.05) is 23.7 Å². The molecule has 2 aromatic carbocycles. The van der Waals surface area contributed by atoms with Crippen LogP contribution in [-0.2, 0) is 9.59 Å². The lowest BCUT2D eigenvalue weighted by atomic mass is 10.0. The standard InChI is InChI=1S/C22H16ClN3O5/c23-13-4-5-17-15(9-13)16(22(30)31)10-18(25-17)12-2-1-3-14(8-12)24-19-11-20(28)26(6-7-27)21(19)29/h1-5,8-11,24,27H,6-7H2,(H,30,31). The van der Waals surface area contributed by atoms with Crippen LogP contribution in [0.15, 0.2) is 60.3 Å². The van der Waals surface area contributed by atoms with Crippen molar-refractivity contribution in [3.8, 4) is 11.3 Å². The lowest BCUT2D eigenvalue weighted by Gasteiger charge is -2.14. The highest BCUT2D eigenvalue weighted by Gasteiger charge is 2.30. The van der Waals surface area contributed by atoms with E-state index in [0.29, 0.717) is 32.9 Å². The van der Waals surface area contributed by atoms with Crippen molar-refractivity contribution in [3.05, 3.63) is 70.9 Å². The molecular weight excluding hydrogens is 422 g/mol.